The van der Waals surface area contributed by atoms with Gasteiger partial charge < -0.3 is 10.2 Å². The van der Waals surface area contributed by atoms with Crippen molar-refractivity contribution in [3.63, 3.8) is 0 Å². The number of carboxylic acid groups (broad SMARTS) is 1. The van der Waals surface area contributed by atoms with E-state index in [2.05, 4.69) is 0 Å². The number of rotatable bonds is 3. The van der Waals surface area contributed by atoms with E-state index < -0.39 is 21.2 Å². The van der Waals surface area contributed by atoms with Crippen molar-refractivity contribution in [2.75, 3.05) is 6.26 Å². The van der Waals surface area contributed by atoms with Crippen molar-refractivity contribution >= 4 is 15.8 Å². The second-order valence-corrected chi connectivity index (χ2v) is 7.33. The van der Waals surface area contributed by atoms with Gasteiger partial charge in [0.2, 0.25) is 0 Å². The molecule has 0 aliphatic heterocycles. The maximum Gasteiger partial charge on any atom is 0.314 e. The molecule has 1 aliphatic rings. The van der Waals surface area contributed by atoms with Crippen molar-refractivity contribution in [2.45, 2.75) is 42.4 Å². The van der Waals surface area contributed by atoms with Crippen LogP contribution >= 0.6 is 0 Å². The first-order valence-electron chi connectivity index (χ1n) is 6.55. The van der Waals surface area contributed by atoms with E-state index in [1.54, 1.807) is 0 Å². The number of phenols is 1. The number of benzene rings is 1. The zero-order chi connectivity index (χ0) is 15.0. The highest BCUT2D eigenvalue weighted by Crippen LogP contribution is 2.44. The van der Waals surface area contributed by atoms with Crippen molar-refractivity contribution in [1.29, 1.82) is 0 Å². The Bertz CT molecular complexity index is 627. The molecular formula is C14H18O5S. The summed E-state index contributed by atoms with van der Waals surface area (Å²) in [6.45, 7) is 0. The predicted octanol–water partition coefficient (Wildman–Crippen LogP) is 2.08. The van der Waals surface area contributed by atoms with Gasteiger partial charge in [-0.15, -0.1) is 0 Å². The summed E-state index contributed by atoms with van der Waals surface area (Å²) in [6, 6.07) is 4.28. The van der Waals surface area contributed by atoms with E-state index in [-0.39, 0.29) is 16.2 Å². The van der Waals surface area contributed by atoms with Crippen molar-refractivity contribution in [2.24, 2.45) is 0 Å². The summed E-state index contributed by atoms with van der Waals surface area (Å²) in [4.78, 5) is 11.5. The molecule has 2 N–H and O–H groups in total. The molecule has 6 heteroatoms. The molecule has 1 aromatic rings. The maximum atomic E-state index is 11.9. The van der Waals surface area contributed by atoms with E-state index in [4.69, 9.17) is 0 Å². The number of hydrogen-bond donors (Lipinski definition) is 2. The second-order valence-electron chi connectivity index (χ2n) is 5.37. The average molecular weight is 298 g/mol. The topological polar surface area (TPSA) is 91.7 Å². The highest BCUT2D eigenvalue weighted by molar-refractivity contribution is 7.90. The zero-order valence-electron chi connectivity index (χ0n) is 11.3. The van der Waals surface area contributed by atoms with Gasteiger partial charge in [0, 0.05) is 6.26 Å². The summed E-state index contributed by atoms with van der Waals surface area (Å²) in [5.74, 6) is -1.40. The number of phenolic OH excluding ortho intramolecular Hbond substituents is 1. The van der Waals surface area contributed by atoms with E-state index in [1.807, 2.05) is 0 Å². The van der Waals surface area contributed by atoms with Gasteiger partial charge in [0.25, 0.3) is 0 Å². The molecule has 1 fully saturated rings. The Morgan fingerprint density at radius 3 is 2.30 bits per heavy atom. The molecule has 1 aliphatic carbocycles. The van der Waals surface area contributed by atoms with Gasteiger partial charge in [-0.05, 0) is 24.5 Å². The van der Waals surface area contributed by atoms with Crippen LogP contribution in [0.25, 0.3) is 0 Å². The zero-order valence-corrected chi connectivity index (χ0v) is 12.1. The monoisotopic (exact) mass is 298 g/mol. The molecule has 0 saturated heterocycles. The lowest BCUT2D eigenvalue weighted by molar-refractivity contribution is -0.145. The van der Waals surface area contributed by atoms with Crippen molar-refractivity contribution in [1.82, 2.24) is 0 Å². The molecule has 0 radical (unpaired) electrons. The smallest absolute Gasteiger partial charge is 0.314 e. The summed E-state index contributed by atoms with van der Waals surface area (Å²) in [5.41, 5.74) is -0.998. The van der Waals surface area contributed by atoms with Crippen LogP contribution in [0.3, 0.4) is 0 Å². The van der Waals surface area contributed by atoms with Crippen LogP contribution in [0.2, 0.25) is 0 Å². The van der Waals surface area contributed by atoms with Gasteiger partial charge in [0.05, 0.1) is 5.41 Å². The normalized spacial score (nSPS) is 18.6. The van der Waals surface area contributed by atoms with Crippen LogP contribution in [-0.2, 0) is 20.0 Å². The number of sulfone groups is 1. The lowest BCUT2D eigenvalue weighted by Crippen LogP contribution is -2.39. The molecule has 0 atom stereocenters. The molecule has 20 heavy (non-hydrogen) atoms. The molecule has 0 heterocycles. The Kier molecular flexibility index (Phi) is 3.77. The fourth-order valence-corrected chi connectivity index (χ4v) is 4.16. The molecule has 0 spiro atoms. The van der Waals surface area contributed by atoms with Crippen molar-refractivity contribution in [3.8, 4) is 5.75 Å². The molecule has 0 unspecified atom stereocenters. The van der Waals surface area contributed by atoms with Crippen molar-refractivity contribution in [3.05, 3.63) is 23.8 Å². The Labute approximate surface area is 118 Å². The van der Waals surface area contributed by atoms with Gasteiger partial charge >= 0.3 is 5.97 Å². The summed E-state index contributed by atoms with van der Waals surface area (Å²) < 4.78 is 23.9. The van der Waals surface area contributed by atoms with Crippen LogP contribution in [0.5, 0.6) is 5.75 Å². The van der Waals surface area contributed by atoms with Gasteiger partial charge in [0.1, 0.15) is 10.6 Å². The van der Waals surface area contributed by atoms with Gasteiger partial charge in [-0.2, -0.15) is 0 Å². The average Bonchev–Trinajstić information content (AvgIpc) is 2.37. The van der Waals surface area contributed by atoms with Crippen molar-refractivity contribution < 1.29 is 23.4 Å². The van der Waals surface area contributed by atoms with Crippen LogP contribution in [0.4, 0.5) is 0 Å². The molecule has 0 amide bonds. The first-order chi connectivity index (χ1) is 9.29. The van der Waals surface area contributed by atoms with E-state index >= 15 is 0 Å². The van der Waals surface area contributed by atoms with Crippen LogP contribution in [0.1, 0.15) is 37.7 Å². The summed E-state index contributed by atoms with van der Waals surface area (Å²) >= 11 is 0. The SMILES string of the molecule is CS(=O)(=O)c1c(O)cccc1C1(C(=O)O)CCCCC1. The molecule has 1 aromatic carbocycles. The van der Waals surface area contributed by atoms with Gasteiger partial charge in [-0.1, -0.05) is 31.4 Å². The first kappa shape index (κ1) is 14.8. The number of carbonyl (C=O) groups is 1. The number of carboxylic acids is 1. The van der Waals surface area contributed by atoms with Crippen LogP contribution in [0, 0.1) is 0 Å². The summed E-state index contributed by atoms with van der Waals surface area (Å²) in [6.07, 6.45) is 4.21. The van der Waals surface area contributed by atoms with E-state index in [0.717, 1.165) is 25.5 Å². The molecule has 1 saturated carbocycles. The van der Waals surface area contributed by atoms with Gasteiger partial charge in [-0.3, -0.25) is 4.79 Å². The number of aromatic hydroxyl groups is 1. The fourth-order valence-electron chi connectivity index (χ4n) is 3.05. The number of hydrogen-bond acceptors (Lipinski definition) is 4. The second kappa shape index (κ2) is 5.09. The molecule has 0 aromatic heterocycles. The van der Waals surface area contributed by atoms with E-state index in [9.17, 15) is 23.4 Å². The lowest BCUT2D eigenvalue weighted by atomic mass is 9.69. The van der Waals surface area contributed by atoms with Crippen LogP contribution in [0.15, 0.2) is 23.1 Å². The molecular weight excluding hydrogens is 280 g/mol. The van der Waals surface area contributed by atoms with Crippen LogP contribution < -0.4 is 0 Å². The third-order valence-electron chi connectivity index (χ3n) is 4.00. The van der Waals surface area contributed by atoms with Gasteiger partial charge in [0.15, 0.2) is 9.84 Å². The Morgan fingerprint density at radius 2 is 1.80 bits per heavy atom. The highest BCUT2D eigenvalue weighted by atomic mass is 32.2. The minimum atomic E-state index is -3.70. The summed E-state index contributed by atoms with van der Waals surface area (Å²) in [5, 5.41) is 19.5. The molecule has 5 nitrogen and oxygen atoms in total. The Morgan fingerprint density at radius 1 is 1.20 bits per heavy atom. The molecule has 2 rings (SSSR count). The number of aliphatic carboxylic acids is 1. The largest absolute Gasteiger partial charge is 0.507 e. The third kappa shape index (κ3) is 2.40. The molecule has 110 valence electrons. The van der Waals surface area contributed by atoms with Gasteiger partial charge in [-0.25, -0.2) is 8.42 Å². The highest BCUT2D eigenvalue weighted by Gasteiger charge is 2.44. The van der Waals surface area contributed by atoms with E-state index in [0.29, 0.717) is 12.8 Å². The van der Waals surface area contributed by atoms with E-state index in [1.165, 1.54) is 18.2 Å². The fraction of sp³-hybridized carbons (Fsp3) is 0.500. The van der Waals surface area contributed by atoms with Crippen LogP contribution in [-0.4, -0.2) is 30.9 Å². The molecule has 0 bridgehead atoms. The predicted molar refractivity (Wildman–Crippen MR) is 73.6 cm³/mol. The Hall–Kier alpha value is -1.56. The third-order valence-corrected chi connectivity index (χ3v) is 5.17. The summed E-state index contributed by atoms with van der Waals surface area (Å²) in [7, 11) is -3.70. The minimum absolute atomic E-state index is 0.215. The standard InChI is InChI=1S/C14H18O5S/c1-20(18,19)12-10(6-5-7-11(12)15)14(13(16)17)8-3-2-4-9-14/h5-7,15H,2-4,8-9H2,1H3,(H,16,17). The first-order valence-corrected chi connectivity index (χ1v) is 8.44. The quantitative estimate of drug-likeness (QED) is 0.891. The maximum absolute atomic E-state index is 11.9. The Balaban J connectivity index is 2.73. The minimum Gasteiger partial charge on any atom is -0.507 e. The lowest BCUT2D eigenvalue weighted by Gasteiger charge is -2.34.